The van der Waals surface area contributed by atoms with Crippen LogP contribution in [0.2, 0.25) is 0 Å². The van der Waals surface area contributed by atoms with Crippen molar-refractivity contribution in [2.75, 3.05) is 11.5 Å². The molecule has 0 aromatic heterocycles. The molecule has 0 saturated heterocycles. The number of hydrogen-bond donors (Lipinski definition) is 0. The van der Waals surface area contributed by atoms with Gasteiger partial charge in [-0.25, -0.2) is 0 Å². The van der Waals surface area contributed by atoms with Crippen LogP contribution < -0.4 is 4.90 Å². The zero-order valence-electron chi connectivity index (χ0n) is 13.4. The molecule has 0 aliphatic carbocycles. The van der Waals surface area contributed by atoms with Gasteiger partial charge >= 0.3 is 0 Å². The van der Waals surface area contributed by atoms with E-state index in [1.165, 1.54) is 11.1 Å². The Hall–Kier alpha value is -2.62. The fraction of sp³-hybridized carbons (Fsp3) is 0.263. The minimum Gasteiger partial charge on any atom is -0.386 e. The number of anilines is 1. The zero-order chi connectivity index (χ0) is 16.2. The quantitative estimate of drug-likeness (QED) is 0.642. The summed E-state index contributed by atoms with van der Waals surface area (Å²) in [4.78, 5) is 19.4. The van der Waals surface area contributed by atoms with Crippen LogP contribution >= 0.6 is 0 Å². The highest BCUT2D eigenvalue weighted by Crippen LogP contribution is 2.31. The Morgan fingerprint density at radius 3 is 2.78 bits per heavy atom. The van der Waals surface area contributed by atoms with Gasteiger partial charge < -0.3 is 9.74 Å². The van der Waals surface area contributed by atoms with Crippen LogP contribution in [0.4, 0.5) is 5.69 Å². The van der Waals surface area contributed by atoms with Crippen molar-refractivity contribution in [3.8, 4) is 0 Å². The van der Waals surface area contributed by atoms with E-state index in [1.807, 2.05) is 56.3 Å². The molecule has 0 unspecified atom stereocenters. The highest BCUT2D eigenvalue weighted by atomic mass is 16.6. The lowest BCUT2D eigenvalue weighted by Gasteiger charge is -2.21. The van der Waals surface area contributed by atoms with Gasteiger partial charge in [-0.05, 0) is 37.5 Å². The molecule has 2 aromatic rings. The number of hydrogen-bond acceptors (Lipinski definition) is 3. The van der Waals surface area contributed by atoms with Crippen molar-refractivity contribution in [3.05, 3.63) is 65.2 Å². The van der Waals surface area contributed by atoms with Gasteiger partial charge in [-0.15, -0.1) is 0 Å². The highest BCUT2D eigenvalue weighted by Gasteiger charge is 2.30. The van der Waals surface area contributed by atoms with Crippen LogP contribution in [0.5, 0.6) is 0 Å². The van der Waals surface area contributed by atoms with Gasteiger partial charge in [0.25, 0.3) is 5.91 Å². The molecule has 1 aliphatic heterocycles. The number of fused-ring (bicyclic) bond motifs is 1. The number of nitrogens with zero attached hydrogens (tertiary/aromatic N) is 2. The second-order valence-corrected chi connectivity index (χ2v) is 5.86. The Bertz CT molecular complexity index is 722. The third-order valence-electron chi connectivity index (χ3n) is 4.02. The van der Waals surface area contributed by atoms with Crippen molar-refractivity contribution in [2.24, 2.45) is 5.16 Å². The van der Waals surface area contributed by atoms with Crippen molar-refractivity contribution in [2.45, 2.75) is 26.3 Å². The molecule has 0 fully saturated rings. The molecule has 4 nitrogen and oxygen atoms in total. The molecule has 1 heterocycles. The summed E-state index contributed by atoms with van der Waals surface area (Å²) in [5, 5.41) is 3.89. The number of aryl methyl sites for hydroxylation is 1. The monoisotopic (exact) mass is 308 g/mol. The first-order valence-electron chi connectivity index (χ1n) is 7.77. The first-order chi connectivity index (χ1) is 11.1. The summed E-state index contributed by atoms with van der Waals surface area (Å²) >= 11 is 0. The number of carbonyl (C=O) groups is 1. The molecule has 1 amide bonds. The largest absolute Gasteiger partial charge is 0.386 e. The van der Waals surface area contributed by atoms with E-state index >= 15 is 0 Å². The minimum atomic E-state index is -0.0662. The van der Waals surface area contributed by atoms with Crippen LogP contribution in [0.1, 0.15) is 23.6 Å². The van der Waals surface area contributed by atoms with E-state index < -0.39 is 0 Å². The van der Waals surface area contributed by atoms with Crippen molar-refractivity contribution in [1.82, 2.24) is 0 Å². The van der Waals surface area contributed by atoms with Crippen LogP contribution in [-0.2, 0) is 16.1 Å². The summed E-state index contributed by atoms with van der Waals surface area (Å²) in [7, 11) is 0. The summed E-state index contributed by atoms with van der Waals surface area (Å²) in [6.45, 7) is 4.03. The normalized spacial score (nSPS) is 16.6. The molecular weight excluding hydrogens is 288 g/mol. The highest BCUT2D eigenvalue weighted by molar-refractivity contribution is 5.97. The van der Waals surface area contributed by atoms with Gasteiger partial charge in [-0.1, -0.05) is 53.2 Å². The second kappa shape index (κ2) is 6.65. The van der Waals surface area contributed by atoms with Crippen LogP contribution in [0.25, 0.3) is 0 Å². The van der Waals surface area contributed by atoms with Crippen molar-refractivity contribution in [3.63, 3.8) is 0 Å². The van der Waals surface area contributed by atoms with Gasteiger partial charge in [-0.2, -0.15) is 0 Å². The third-order valence-corrected chi connectivity index (χ3v) is 4.02. The molecule has 2 aromatic carbocycles. The summed E-state index contributed by atoms with van der Waals surface area (Å²) in [6.07, 6.45) is 2.50. The molecule has 1 atom stereocenters. The number of carbonyl (C=O) groups excluding carboxylic acids is 1. The Labute approximate surface area is 136 Å². The van der Waals surface area contributed by atoms with E-state index in [9.17, 15) is 4.79 Å². The lowest BCUT2D eigenvalue weighted by Crippen LogP contribution is -2.37. The smallest absolute Gasteiger partial charge is 0.268 e. The molecule has 4 heteroatoms. The van der Waals surface area contributed by atoms with E-state index in [0.29, 0.717) is 0 Å². The van der Waals surface area contributed by atoms with Crippen LogP contribution in [0.15, 0.2) is 53.7 Å². The lowest BCUT2D eigenvalue weighted by atomic mass is 10.1. The van der Waals surface area contributed by atoms with Gasteiger partial charge in [0.05, 0.1) is 6.21 Å². The molecule has 0 radical (unpaired) electrons. The number of rotatable bonds is 4. The lowest BCUT2D eigenvalue weighted by molar-refractivity contribution is -0.123. The molecule has 3 rings (SSSR count). The Morgan fingerprint density at radius 1 is 1.26 bits per heavy atom. The van der Waals surface area contributed by atoms with Crippen LogP contribution in [0, 0.1) is 6.92 Å². The summed E-state index contributed by atoms with van der Waals surface area (Å²) in [6, 6.07) is 16.1. The maximum absolute atomic E-state index is 12.4. The Balaban J connectivity index is 1.58. The average molecular weight is 308 g/mol. The molecule has 23 heavy (non-hydrogen) atoms. The van der Waals surface area contributed by atoms with E-state index in [1.54, 1.807) is 11.1 Å². The predicted octanol–water partition coefficient (Wildman–Crippen LogP) is 3.32. The average Bonchev–Trinajstić information content (AvgIpc) is 2.89. The summed E-state index contributed by atoms with van der Waals surface area (Å²) < 4.78 is 0. The predicted molar refractivity (Wildman–Crippen MR) is 91.8 cm³/mol. The number of benzene rings is 2. The third kappa shape index (κ3) is 3.42. The van der Waals surface area contributed by atoms with Crippen molar-refractivity contribution >= 4 is 17.8 Å². The van der Waals surface area contributed by atoms with E-state index in [4.69, 9.17) is 4.84 Å². The van der Waals surface area contributed by atoms with Crippen LogP contribution in [-0.4, -0.2) is 24.8 Å². The number of para-hydroxylation sites is 1. The summed E-state index contributed by atoms with van der Waals surface area (Å²) in [5.74, 6) is -0.0662. The minimum absolute atomic E-state index is 0.0545. The van der Waals surface area contributed by atoms with Crippen molar-refractivity contribution in [1.29, 1.82) is 0 Å². The van der Waals surface area contributed by atoms with Gasteiger partial charge in [0.15, 0.2) is 6.61 Å². The Kier molecular flexibility index (Phi) is 4.42. The molecule has 0 saturated carbocycles. The van der Waals surface area contributed by atoms with E-state index in [0.717, 1.165) is 17.7 Å². The van der Waals surface area contributed by atoms with Crippen LogP contribution in [0.3, 0.4) is 0 Å². The van der Waals surface area contributed by atoms with Gasteiger partial charge in [0.1, 0.15) is 0 Å². The SMILES string of the molecule is Cc1ccc(/C=N\OCC(=O)N2c3ccccc3C[C@@H]2C)cc1. The zero-order valence-corrected chi connectivity index (χ0v) is 13.4. The van der Waals surface area contributed by atoms with Gasteiger partial charge in [-0.3, -0.25) is 4.79 Å². The number of amides is 1. The standard InChI is InChI=1S/C19H20N2O2/c1-14-7-9-16(10-8-14)12-20-23-13-19(22)21-15(2)11-17-5-3-4-6-18(17)21/h3-10,12,15H,11,13H2,1-2H3/b20-12-/t15-/m0/s1. The molecule has 1 aliphatic rings. The molecule has 0 spiro atoms. The van der Waals surface area contributed by atoms with E-state index in [2.05, 4.69) is 11.2 Å². The maximum atomic E-state index is 12.4. The van der Waals surface area contributed by atoms with Crippen molar-refractivity contribution < 1.29 is 9.63 Å². The fourth-order valence-electron chi connectivity index (χ4n) is 2.86. The molecule has 118 valence electrons. The summed E-state index contributed by atoms with van der Waals surface area (Å²) in [5.41, 5.74) is 4.33. The van der Waals surface area contributed by atoms with E-state index in [-0.39, 0.29) is 18.6 Å². The molecular formula is C19H20N2O2. The topological polar surface area (TPSA) is 41.9 Å². The van der Waals surface area contributed by atoms with Gasteiger partial charge in [0, 0.05) is 11.7 Å². The fourth-order valence-corrected chi connectivity index (χ4v) is 2.86. The first kappa shape index (κ1) is 15.3. The number of oxime groups is 1. The molecule has 0 N–H and O–H groups in total. The maximum Gasteiger partial charge on any atom is 0.268 e. The Morgan fingerprint density at radius 2 is 2.00 bits per heavy atom. The van der Waals surface area contributed by atoms with Gasteiger partial charge in [0.2, 0.25) is 0 Å². The first-order valence-corrected chi connectivity index (χ1v) is 7.77. The molecule has 0 bridgehead atoms. The second-order valence-electron chi connectivity index (χ2n) is 5.86.